The number of nitrogens with two attached hydrogens (primary N) is 1. The molecule has 7 nitrogen and oxygen atoms in total. The van der Waals surface area contributed by atoms with E-state index in [0.29, 0.717) is 0 Å². The molecule has 25 heavy (non-hydrogen) atoms. The third-order valence-corrected chi connectivity index (χ3v) is 3.66. The molecule has 1 heterocycles. The van der Waals surface area contributed by atoms with E-state index in [2.05, 4.69) is 10.5 Å². The van der Waals surface area contributed by atoms with Gasteiger partial charge in [-0.25, -0.2) is 5.43 Å². The monoisotopic (exact) mass is 336 g/mol. The zero-order chi connectivity index (χ0) is 17.8. The molecule has 4 N–H and O–H groups in total. The standard InChI is InChI=1S/C18H16N4O3/c19-17(24)11-22-10-12(13-5-1-3-7-15(13)22)9-20-21-18(25)14-6-2-4-8-16(14)23/h1-10,23H,11H2,(H2,19,24)(H,21,25). The Balaban J connectivity index is 1.83. The van der Waals surface area contributed by atoms with Crippen LogP contribution >= 0.6 is 0 Å². The van der Waals surface area contributed by atoms with Crippen LogP contribution in [-0.2, 0) is 11.3 Å². The molecular weight excluding hydrogens is 320 g/mol. The molecule has 3 rings (SSSR count). The normalized spacial score (nSPS) is 11.0. The van der Waals surface area contributed by atoms with Gasteiger partial charge in [0.25, 0.3) is 5.91 Å². The third-order valence-electron chi connectivity index (χ3n) is 3.66. The van der Waals surface area contributed by atoms with Gasteiger partial charge in [0, 0.05) is 22.7 Å². The molecule has 0 aliphatic carbocycles. The molecule has 0 radical (unpaired) electrons. The molecule has 0 spiro atoms. The molecule has 0 saturated heterocycles. The lowest BCUT2D eigenvalue weighted by atomic mass is 10.2. The second-order valence-electron chi connectivity index (χ2n) is 5.41. The van der Waals surface area contributed by atoms with E-state index in [1.54, 1.807) is 22.9 Å². The predicted octanol–water partition coefficient (Wildman–Crippen LogP) is 1.60. The Labute approximate surface area is 143 Å². The largest absolute Gasteiger partial charge is 0.507 e. The number of hydrogen-bond donors (Lipinski definition) is 3. The van der Waals surface area contributed by atoms with E-state index in [1.165, 1.54) is 18.3 Å². The van der Waals surface area contributed by atoms with Crippen molar-refractivity contribution in [1.82, 2.24) is 9.99 Å². The summed E-state index contributed by atoms with van der Waals surface area (Å²) in [6.07, 6.45) is 3.22. The number of primary amides is 1. The van der Waals surface area contributed by atoms with Gasteiger partial charge in [-0.05, 0) is 18.2 Å². The first-order chi connectivity index (χ1) is 12.1. The minimum Gasteiger partial charge on any atom is -0.507 e. The van der Waals surface area contributed by atoms with Crippen LogP contribution in [0.2, 0.25) is 0 Å². The molecule has 0 saturated carbocycles. The lowest BCUT2D eigenvalue weighted by Gasteiger charge is -2.01. The molecule has 3 aromatic rings. The topological polar surface area (TPSA) is 110 Å². The van der Waals surface area contributed by atoms with Crippen molar-refractivity contribution >= 4 is 28.9 Å². The van der Waals surface area contributed by atoms with Crippen LogP contribution < -0.4 is 11.2 Å². The van der Waals surface area contributed by atoms with Gasteiger partial charge >= 0.3 is 0 Å². The zero-order valence-electron chi connectivity index (χ0n) is 13.2. The van der Waals surface area contributed by atoms with Crippen LogP contribution in [0.15, 0.2) is 59.8 Å². The van der Waals surface area contributed by atoms with Gasteiger partial charge in [0.05, 0.1) is 11.8 Å². The number of hydrogen-bond acceptors (Lipinski definition) is 4. The molecular formula is C18H16N4O3. The summed E-state index contributed by atoms with van der Waals surface area (Å²) in [5, 5.41) is 14.5. The van der Waals surface area contributed by atoms with Gasteiger partial charge in [-0.3, -0.25) is 9.59 Å². The smallest absolute Gasteiger partial charge is 0.275 e. The molecule has 0 aliphatic rings. The number of aromatic hydroxyl groups is 1. The summed E-state index contributed by atoms with van der Waals surface area (Å²) in [7, 11) is 0. The number of para-hydroxylation sites is 2. The third kappa shape index (κ3) is 3.50. The number of nitrogens with zero attached hydrogens (tertiary/aromatic N) is 2. The number of nitrogens with one attached hydrogen (secondary N) is 1. The Hall–Kier alpha value is -3.61. The second kappa shape index (κ2) is 6.88. The molecule has 2 aromatic carbocycles. The zero-order valence-corrected chi connectivity index (χ0v) is 13.2. The van der Waals surface area contributed by atoms with Gasteiger partial charge in [0.1, 0.15) is 12.3 Å². The van der Waals surface area contributed by atoms with E-state index in [4.69, 9.17) is 5.73 Å². The number of amides is 2. The van der Waals surface area contributed by atoms with Gasteiger partial charge in [-0.1, -0.05) is 30.3 Å². The van der Waals surface area contributed by atoms with Crippen LogP contribution in [0.5, 0.6) is 5.75 Å². The molecule has 2 amide bonds. The van der Waals surface area contributed by atoms with E-state index in [0.717, 1.165) is 16.5 Å². The number of hydrazone groups is 1. The van der Waals surface area contributed by atoms with Gasteiger partial charge in [-0.2, -0.15) is 5.10 Å². The highest BCUT2D eigenvalue weighted by Crippen LogP contribution is 2.20. The van der Waals surface area contributed by atoms with Crippen LogP contribution in [-0.4, -0.2) is 27.7 Å². The number of rotatable bonds is 5. The highest BCUT2D eigenvalue weighted by molar-refractivity contribution is 6.01. The Kier molecular flexibility index (Phi) is 4.47. The first kappa shape index (κ1) is 16.3. The summed E-state index contributed by atoms with van der Waals surface area (Å²) in [5.41, 5.74) is 9.35. The first-order valence-corrected chi connectivity index (χ1v) is 7.54. The first-order valence-electron chi connectivity index (χ1n) is 7.54. The van der Waals surface area contributed by atoms with Crippen molar-refractivity contribution in [2.45, 2.75) is 6.54 Å². The van der Waals surface area contributed by atoms with Crippen molar-refractivity contribution in [3.8, 4) is 5.75 Å². The summed E-state index contributed by atoms with van der Waals surface area (Å²) in [6, 6.07) is 13.7. The van der Waals surface area contributed by atoms with Gasteiger partial charge in [-0.15, -0.1) is 0 Å². The van der Waals surface area contributed by atoms with Crippen LogP contribution in [0.25, 0.3) is 10.9 Å². The maximum atomic E-state index is 12.0. The van der Waals surface area contributed by atoms with Crippen molar-refractivity contribution in [1.29, 1.82) is 0 Å². The van der Waals surface area contributed by atoms with Crippen LogP contribution in [0, 0.1) is 0 Å². The molecule has 0 fully saturated rings. The van der Waals surface area contributed by atoms with Crippen molar-refractivity contribution in [3.05, 3.63) is 65.9 Å². The highest BCUT2D eigenvalue weighted by atomic mass is 16.3. The fourth-order valence-electron chi connectivity index (χ4n) is 2.56. The van der Waals surface area contributed by atoms with E-state index < -0.39 is 11.8 Å². The summed E-state index contributed by atoms with van der Waals surface area (Å²) in [5.74, 6) is -1.08. The van der Waals surface area contributed by atoms with Crippen LogP contribution in [0.4, 0.5) is 0 Å². The van der Waals surface area contributed by atoms with E-state index in [-0.39, 0.29) is 17.9 Å². The Morgan fingerprint density at radius 1 is 1.16 bits per heavy atom. The number of aromatic nitrogens is 1. The van der Waals surface area contributed by atoms with Gasteiger partial charge < -0.3 is 15.4 Å². The number of fused-ring (bicyclic) bond motifs is 1. The predicted molar refractivity (Wildman–Crippen MR) is 94.3 cm³/mol. The van der Waals surface area contributed by atoms with Crippen molar-refractivity contribution in [2.24, 2.45) is 10.8 Å². The average Bonchev–Trinajstić information content (AvgIpc) is 2.93. The molecule has 1 aromatic heterocycles. The average molecular weight is 336 g/mol. The summed E-state index contributed by atoms with van der Waals surface area (Å²) < 4.78 is 1.73. The van der Waals surface area contributed by atoms with E-state index in [1.807, 2.05) is 24.3 Å². The lowest BCUT2D eigenvalue weighted by Crippen LogP contribution is -2.18. The van der Waals surface area contributed by atoms with Crippen molar-refractivity contribution in [2.75, 3.05) is 0 Å². The summed E-state index contributed by atoms with van der Waals surface area (Å²) >= 11 is 0. The molecule has 7 heteroatoms. The van der Waals surface area contributed by atoms with Gasteiger partial charge in [0.15, 0.2) is 0 Å². The highest BCUT2D eigenvalue weighted by Gasteiger charge is 2.10. The van der Waals surface area contributed by atoms with E-state index >= 15 is 0 Å². The summed E-state index contributed by atoms with van der Waals surface area (Å²) in [6.45, 7) is 0.0542. The maximum absolute atomic E-state index is 12.0. The quantitative estimate of drug-likeness (QED) is 0.486. The second-order valence-corrected chi connectivity index (χ2v) is 5.41. The molecule has 0 aliphatic heterocycles. The molecule has 0 unspecified atom stereocenters. The van der Waals surface area contributed by atoms with Crippen LogP contribution in [0.3, 0.4) is 0 Å². The number of phenolic OH excluding ortho intramolecular Hbond substituents is 1. The minimum absolute atomic E-state index is 0.0542. The van der Waals surface area contributed by atoms with Gasteiger partial charge in [0.2, 0.25) is 5.91 Å². The van der Waals surface area contributed by atoms with E-state index in [9.17, 15) is 14.7 Å². The molecule has 126 valence electrons. The Morgan fingerprint density at radius 3 is 2.64 bits per heavy atom. The fraction of sp³-hybridized carbons (Fsp3) is 0.0556. The van der Waals surface area contributed by atoms with Crippen LogP contribution in [0.1, 0.15) is 15.9 Å². The molecule has 0 atom stereocenters. The SMILES string of the molecule is NC(=O)Cn1cc(C=NNC(=O)c2ccccc2O)c2ccccc21. The number of carbonyl (C=O) groups is 2. The fourth-order valence-corrected chi connectivity index (χ4v) is 2.56. The summed E-state index contributed by atoms with van der Waals surface area (Å²) in [4.78, 5) is 23.2. The number of benzene rings is 2. The maximum Gasteiger partial charge on any atom is 0.275 e. The number of phenols is 1. The van der Waals surface area contributed by atoms with Crippen molar-refractivity contribution < 1.29 is 14.7 Å². The number of carbonyl (C=O) groups excluding carboxylic acids is 2. The minimum atomic E-state index is -0.518. The Bertz CT molecular complexity index is 975. The lowest BCUT2D eigenvalue weighted by molar-refractivity contribution is -0.118. The van der Waals surface area contributed by atoms with Crippen molar-refractivity contribution in [3.63, 3.8) is 0 Å². The molecule has 0 bridgehead atoms. The Morgan fingerprint density at radius 2 is 1.88 bits per heavy atom.